The number of anilines is 1. The molecule has 1 aromatic rings. The lowest BCUT2D eigenvalue weighted by Crippen LogP contribution is -2.42. The summed E-state index contributed by atoms with van der Waals surface area (Å²) in [5.41, 5.74) is 0.539. The normalized spacial score (nSPS) is 18.8. The van der Waals surface area contributed by atoms with E-state index in [4.69, 9.17) is 12.2 Å². The van der Waals surface area contributed by atoms with Crippen LogP contribution in [-0.4, -0.2) is 40.9 Å². The molecule has 1 heterocycles. The second kappa shape index (κ2) is 6.83. The number of hydrogen-bond acceptors (Lipinski definition) is 3. The Morgan fingerprint density at radius 1 is 1.45 bits per heavy atom. The second-order valence-corrected chi connectivity index (χ2v) is 5.50. The van der Waals surface area contributed by atoms with E-state index in [0.29, 0.717) is 5.69 Å². The SMILES string of the molecule is CN1CC(CC(F)F)C(O)=C(C(=S)Nc2ccccc2)C1=O. The van der Waals surface area contributed by atoms with Gasteiger partial charge in [-0.1, -0.05) is 30.4 Å². The molecule has 1 aliphatic heterocycles. The van der Waals surface area contributed by atoms with E-state index in [0.717, 1.165) is 0 Å². The fourth-order valence-corrected chi connectivity index (χ4v) is 2.64. The Morgan fingerprint density at radius 2 is 2.09 bits per heavy atom. The maximum atomic E-state index is 12.6. The van der Waals surface area contributed by atoms with Crippen molar-refractivity contribution in [2.75, 3.05) is 18.9 Å². The number of hydrogen-bond donors (Lipinski definition) is 2. The number of halogens is 2. The van der Waals surface area contributed by atoms with Crippen LogP contribution in [0.3, 0.4) is 0 Å². The Balaban J connectivity index is 2.27. The molecule has 0 spiro atoms. The van der Waals surface area contributed by atoms with Crippen LogP contribution in [0.2, 0.25) is 0 Å². The molecule has 1 aromatic carbocycles. The summed E-state index contributed by atoms with van der Waals surface area (Å²) in [6.45, 7) is 0.0481. The van der Waals surface area contributed by atoms with Gasteiger partial charge in [0.2, 0.25) is 6.43 Å². The van der Waals surface area contributed by atoms with Crippen molar-refractivity contribution in [1.82, 2.24) is 4.90 Å². The summed E-state index contributed by atoms with van der Waals surface area (Å²) in [6, 6.07) is 8.89. The Hall–Kier alpha value is -2.02. The molecule has 1 amide bonds. The van der Waals surface area contributed by atoms with Gasteiger partial charge in [0, 0.05) is 31.6 Å². The first-order valence-electron chi connectivity index (χ1n) is 6.73. The van der Waals surface area contributed by atoms with Crippen molar-refractivity contribution < 1.29 is 18.7 Å². The van der Waals surface area contributed by atoms with Gasteiger partial charge in [-0.3, -0.25) is 4.79 Å². The second-order valence-electron chi connectivity index (χ2n) is 5.09. The van der Waals surface area contributed by atoms with Crippen LogP contribution in [-0.2, 0) is 4.79 Å². The number of likely N-dealkylation sites (N-methyl/N-ethyl adjacent to an activating group) is 1. The molecule has 1 atom stereocenters. The number of benzene rings is 1. The van der Waals surface area contributed by atoms with Crippen LogP contribution in [0.1, 0.15) is 6.42 Å². The van der Waals surface area contributed by atoms with E-state index in [1.165, 1.54) is 11.9 Å². The molecular weight excluding hydrogens is 310 g/mol. The average molecular weight is 326 g/mol. The fourth-order valence-electron chi connectivity index (χ4n) is 2.33. The number of thiocarbonyl (C=S) groups is 1. The molecule has 4 nitrogen and oxygen atoms in total. The van der Waals surface area contributed by atoms with Gasteiger partial charge in [-0.25, -0.2) is 8.78 Å². The van der Waals surface area contributed by atoms with Crippen LogP contribution in [0.25, 0.3) is 0 Å². The molecule has 0 bridgehead atoms. The van der Waals surface area contributed by atoms with E-state index < -0.39 is 24.7 Å². The molecule has 0 saturated carbocycles. The van der Waals surface area contributed by atoms with Crippen molar-refractivity contribution in [3.05, 3.63) is 41.7 Å². The highest BCUT2D eigenvalue weighted by molar-refractivity contribution is 7.81. The van der Waals surface area contributed by atoms with Crippen molar-refractivity contribution >= 4 is 28.8 Å². The number of nitrogens with one attached hydrogen (secondary N) is 1. The molecule has 0 radical (unpaired) electrons. The molecule has 2 N–H and O–H groups in total. The maximum absolute atomic E-state index is 12.6. The van der Waals surface area contributed by atoms with Crippen molar-refractivity contribution in [2.24, 2.45) is 5.92 Å². The van der Waals surface area contributed by atoms with E-state index in [1.54, 1.807) is 24.3 Å². The molecular formula is C15H16F2N2O2S. The number of rotatable bonds is 4. The predicted octanol–water partition coefficient (Wildman–Crippen LogP) is 2.98. The van der Waals surface area contributed by atoms with Gasteiger partial charge in [-0.15, -0.1) is 0 Å². The first kappa shape index (κ1) is 16.4. The third-order valence-corrected chi connectivity index (χ3v) is 3.73. The molecule has 2 rings (SSSR count). The number of para-hydroxylation sites is 1. The van der Waals surface area contributed by atoms with Crippen molar-refractivity contribution in [2.45, 2.75) is 12.8 Å². The van der Waals surface area contributed by atoms with Crippen LogP contribution in [0.4, 0.5) is 14.5 Å². The molecule has 0 aliphatic carbocycles. The zero-order valence-corrected chi connectivity index (χ0v) is 12.7. The summed E-state index contributed by atoms with van der Waals surface area (Å²) >= 11 is 5.17. The minimum absolute atomic E-state index is 0.0273. The van der Waals surface area contributed by atoms with Crippen LogP contribution in [0, 0.1) is 5.92 Å². The monoisotopic (exact) mass is 326 g/mol. The minimum Gasteiger partial charge on any atom is -0.511 e. The Bertz CT molecular complexity index is 605. The lowest BCUT2D eigenvalue weighted by atomic mass is 9.94. The average Bonchev–Trinajstić information content (AvgIpc) is 2.45. The number of carbonyl (C=O) groups is 1. The molecule has 7 heteroatoms. The first-order chi connectivity index (χ1) is 10.4. The quantitative estimate of drug-likeness (QED) is 0.835. The summed E-state index contributed by atoms with van der Waals surface area (Å²) in [5, 5.41) is 13.0. The van der Waals surface area contributed by atoms with E-state index >= 15 is 0 Å². The molecule has 1 aliphatic rings. The summed E-state index contributed by atoms with van der Waals surface area (Å²) < 4.78 is 25.2. The fraction of sp³-hybridized carbons (Fsp3) is 0.333. The molecule has 1 unspecified atom stereocenters. The summed E-state index contributed by atoms with van der Waals surface area (Å²) in [4.78, 5) is 13.5. The third-order valence-electron chi connectivity index (χ3n) is 3.42. The topological polar surface area (TPSA) is 52.6 Å². The van der Waals surface area contributed by atoms with Gasteiger partial charge in [-0.2, -0.15) is 0 Å². The molecule has 0 saturated heterocycles. The van der Waals surface area contributed by atoms with Gasteiger partial charge >= 0.3 is 0 Å². The number of alkyl halides is 2. The minimum atomic E-state index is -2.56. The van der Waals surface area contributed by atoms with E-state index in [-0.39, 0.29) is 22.9 Å². The smallest absolute Gasteiger partial charge is 0.260 e. The highest BCUT2D eigenvalue weighted by Crippen LogP contribution is 2.28. The highest BCUT2D eigenvalue weighted by Gasteiger charge is 2.35. The molecule has 22 heavy (non-hydrogen) atoms. The lowest BCUT2D eigenvalue weighted by molar-refractivity contribution is -0.127. The number of aliphatic hydroxyl groups is 1. The number of aliphatic hydroxyl groups excluding tert-OH is 1. The van der Waals surface area contributed by atoms with E-state index in [9.17, 15) is 18.7 Å². The van der Waals surface area contributed by atoms with Gasteiger partial charge in [0.1, 0.15) is 16.3 Å². The molecule has 0 aromatic heterocycles. The van der Waals surface area contributed by atoms with Crippen LogP contribution >= 0.6 is 12.2 Å². The zero-order valence-electron chi connectivity index (χ0n) is 11.9. The van der Waals surface area contributed by atoms with Crippen LogP contribution in [0.15, 0.2) is 41.7 Å². The third kappa shape index (κ3) is 3.59. The van der Waals surface area contributed by atoms with Crippen molar-refractivity contribution in [3.8, 4) is 0 Å². The van der Waals surface area contributed by atoms with Crippen molar-refractivity contribution in [1.29, 1.82) is 0 Å². The number of carbonyl (C=O) groups excluding carboxylic acids is 1. The van der Waals surface area contributed by atoms with Gasteiger partial charge < -0.3 is 15.3 Å². The molecule has 118 valence electrons. The Labute approximate surface area is 132 Å². The number of nitrogens with zero attached hydrogens (tertiary/aromatic N) is 1. The largest absolute Gasteiger partial charge is 0.511 e. The predicted molar refractivity (Wildman–Crippen MR) is 84.1 cm³/mol. The van der Waals surface area contributed by atoms with Gasteiger partial charge in [0.25, 0.3) is 5.91 Å². The zero-order chi connectivity index (χ0) is 16.3. The number of amides is 1. The summed E-state index contributed by atoms with van der Waals surface area (Å²) in [5.74, 6) is -1.65. The Morgan fingerprint density at radius 3 is 2.68 bits per heavy atom. The van der Waals surface area contributed by atoms with Crippen molar-refractivity contribution in [3.63, 3.8) is 0 Å². The highest BCUT2D eigenvalue weighted by atomic mass is 32.1. The maximum Gasteiger partial charge on any atom is 0.260 e. The van der Waals surface area contributed by atoms with Crippen LogP contribution < -0.4 is 5.32 Å². The standard InChI is InChI=1S/C15H16F2N2O2S/c1-19-8-9(7-11(16)17)13(20)12(15(19)21)14(22)18-10-5-3-2-4-6-10/h2-6,9,11,20H,7-8H2,1H3,(H,18,22). The van der Waals surface area contributed by atoms with Gasteiger partial charge in [0.05, 0.1) is 0 Å². The van der Waals surface area contributed by atoms with E-state index in [2.05, 4.69) is 5.32 Å². The van der Waals surface area contributed by atoms with Gasteiger partial charge in [0.15, 0.2) is 0 Å². The Kier molecular flexibility index (Phi) is 5.07. The molecule has 0 fully saturated rings. The summed E-state index contributed by atoms with van der Waals surface area (Å²) in [6.07, 6.45) is -3.08. The lowest BCUT2D eigenvalue weighted by Gasteiger charge is -2.31. The first-order valence-corrected chi connectivity index (χ1v) is 7.14. The van der Waals surface area contributed by atoms with E-state index in [1.807, 2.05) is 6.07 Å². The van der Waals surface area contributed by atoms with Gasteiger partial charge in [-0.05, 0) is 12.1 Å². The summed E-state index contributed by atoms with van der Waals surface area (Å²) in [7, 11) is 1.50. The van der Waals surface area contributed by atoms with Crippen LogP contribution in [0.5, 0.6) is 0 Å².